The number of likely N-dealkylation sites (tertiary alicyclic amines) is 1. The van der Waals surface area contributed by atoms with E-state index < -0.39 is 0 Å². The van der Waals surface area contributed by atoms with Gasteiger partial charge in [0.1, 0.15) is 0 Å². The topological polar surface area (TPSA) is 47.3 Å². The van der Waals surface area contributed by atoms with E-state index >= 15 is 0 Å². The Morgan fingerprint density at radius 2 is 1.88 bits per heavy atom. The molecule has 1 saturated heterocycles. The van der Waals surface area contributed by atoms with Gasteiger partial charge in [-0.1, -0.05) is 36.4 Å². The fourth-order valence-electron chi connectivity index (χ4n) is 3.65. The van der Waals surface area contributed by atoms with Crippen molar-refractivity contribution in [3.05, 3.63) is 70.8 Å². The van der Waals surface area contributed by atoms with Gasteiger partial charge in [-0.05, 0) is 56.6 Å². The van der Waals surface area contributed by atoms with Crippen molar-refractivity contribution in [2.75, 3.05) is 20.6 Å². The Morgan fingerprint density at radius 3 is 2.58 bits per heavy atom. The van der Waals surface area contributed by atoms with E-state index in [-0.39, 0.29) is 11.9 Å². The third kappa shape index (κ3) is 3.95. The summed E-state index contributed by atoms with van der Waals surface area (Å²) in [5.41, 5.74) is 3.39. The highest BCUT2D eigenvalue weighted by Crippen LogP contribution is 2.32. The van der Waals surface area contributed by atoms with Crippen molar-refractivity contribution >= 4 is 5.91 Å². The first-order valence-corrected chi connectivity index (χ1v) is 9.14. The van der Waals surface area contributed by atoms with E-state index in [2.05, 4.69) is 49.3 Å². The highest BCUT2D eigenvalue weighted by atomic mass is 16.2. The Balaban J connectivity index is 1.86. The molecule has 1 heterocycles. The van der Waals surface area contributed by atoms with Crippen LogP contribution in [0.3, 0.4) is 0 Å². The molecule has 26 heavy (non-hydrogen) atoms. The number of hydrogen-bond acceptors (Lipinski definition) is 3. The molecule has 1 atom stereocenters. The molecule has 1 aliphatic heterocycles. The van der Waals surface area contributed by atoms with Crippen LogP contribution in [0.2, 0.25) is 0 Å². The van der Waals surface area contributed by atoms with Crippen LogP contribution in [0.5, 0.6) is 0 Å². The van der Waals surface area contributed by atoms with Gasteiger partial charge in [0.05, 0.1) is 23.2 Å². The molecule has 1 unspecified atom stereocenters. The number of rotatable bonds is 4. The summed E-state index contributed by atoms with van der Waals surface area (Å²) in [4.78, 5) is 17.2. The van der Waals surface area contributed by atoms with Crippen LogP contribution >= 0.6 is 0 Å². The summed E-state index contributed by atoms with van der Waals surface area (Å²) in [6, 6.07) is 17.9. The fourth-order valence-corrected chi connectivity index (χ4v) is 3.65. The summed E-state index contributed by atoms with van der Waals surface area (Å²) in [5.74, 6) is -0.0378. The second kappa shape index (κ2) is 8.16. The molecule has 1 amide bonds. The number of carbonyl (C=O) groups is 1. The smallest absolute Gasteiger partial charge is 0.255 e. The van der Waals surface area contributed by atoms with Crippen molar-refractivity contribution in [2.24, 2.45) is 0 Å². The zero-order valence-corrected chi connectivity index (χ0v) is 15.5. The third-order valence-electron chi connectivity index (χ3n) is 4.90. The summed E-state index contributed by atoms with van der Waals surface area (Å²) in [5, 5.41) is 9.33. The van der Waals surface area contributed by atoms with E-state index in [0.717, 1.165) is 32.4 Å². The molecule has 3 rings (SSSR count). The zero-order valence-electron chi connectivity index (χ0n) is 15.5. The van der Waals surface area contributed by atoms with Crippen molar-refractivity contribution in [1.29, 1.82) is 5.26 Å². The highest BCUT2D eigenvalue weighted by molar-refractivity contribution is 5.97. The molecule has 1 fully saturated rings. The Bertz CT molecular complexity index is 805. The Kier molecular flexibility index (Phi) is 5.70. The van der Waals surface area contributed by atoms with E-state index in [4.69, 9.17) is 0 Å². The van der Waals surface area contributed by atoms with Crippen LogP contribution in [0.1, 0.15) is 52.4 Å². The van der Waals surface area contributed by atoms with Gasteiger partial charge in [0.15, 0.2) is 0 Å². The maximum Gasteiger partial charge on any atom is 0.255 e. The predicted molar refractivity (Wildman–Crippen MR) is 103 cm³/mol. The van der Waals surface area contributed by atoms with E-state index in [9.17, 15) is 10.1 Å². The number of nitrogens with zero attached hydrogens (tertiary/aromatic N) is 3. The molecule has 0 saturated carbocycles. The van der Waals surface area contributed by atoms with Gasteiger partial charge in [-0.15, -0.1) is 0 Å². The molecule has 134 valence electrons. The molecule has 1 aliphatic rings. The van der Waals surface area contributed by atoms with Crippen LogP contribution in [-0.4, -0.2) is 36.3 Å². The lowest BCUT2D eigenvalue weighted by Gasteiger charge is -2.36. The minimum Gasteiger partial charge on any atom is -0.332 e. The average Bonchev–Trinajstić information content (AvgIpc) is 2.67. The Morgan fingerprint density at radius 1 is 1.15 bits per heavy atom. The Labute approximate surface area is 155 Å². The molecular formula is C22H25N3O. The van der Waals surface area contributed by atoms with Crippen LogP contribution in [0, 0.1) is 11.3 Å². The first-order valence-electron chi connectivity index (χ1n) is 9.14. The van der Waals surface area contributed by atoms with Crippen molar-refractivity contribution in [2.45, 2.75) is 31.8 Å². The maximum atomic E-state index is 13.1. The quantitative estimate of drug-likeness (QED) is 0.840. The lowest BCUT2D eigenvalue weighted by Crippen LogP contribution is -2.38. The lowest BCUT2D eigenvalue weighted by atomic mass is 9.93. The number of nitriles is 1. The molecule has 0 spiro atoms. The number of benzene rings is 2. The standard InChI is InChI=1S/C22H25N3O/c1-24(2)16-17-10-12-18(13-11-17)21-9-5-6-14-25(21)22(26)20-8-4-3-7-19(20)15-23/h3-4,7-8,10-13,21H,5-6,9,14,16H2,1-2H3. The molecule has 0 N–H and O–H groups in total. The molecule has 2 aromatic rings. The van der Waals surface area contributed by atoms with E-state index in [0.29, 0.717) is 11.1 Å². The first-order chi connectivity index (χ1) is 12.6. The third-order valence-corrected chi connectivity index (χ3v) is 4.90. The van der Waals surface area contributed by atoms with Gasteiger partial charge in [-0.2, -0.15) is 5.26 Å². The number of carbonyl (C=O) groups excluding carboxylic acids is 1. The molecule has 0 aliphatic carbocycles. The average molecular weight is 347 g/mol. The highest BCUT2D eigenvalue weighted by Gasteiger charge is 2.29. The summed E-state index contributed by atoms with van der Waals surface area (Å²) < 4.78 is 0. The van der Waals surface area contributed by atoms with Gasteiger partial charge in [-0.25, -0.2) is 0 Å². The minimum absolute atomic E-state index is 0.0378. The summed E-state index contributed by atoms with van der Waals surface area (Å²) in [6.07, 6.45) is 3.09. The van der Waals surface area contributed by atoms with Gasteiger partial charge >= 0.3 is 0 Å². The second-order valence-electron chi connectivity index (χ2n) is 7.15. The van der Waals surface area contributed by atoms with Crippen LogP contribution in [0.15, 0.2) is 48.5 Å². The fraction of sp³-hybridized carbons (Fsp3) is 0.364. The van der Waals surface area contributed by atoms with Gasteiger partial charge in [0.25, 0.3) is 5.91 Å². The van der Waals surface area contributed by atoms with Gasteiger partial charge < -0.3 is 9.80 Å². The van der Waals surface area contributed by atoms with Gasteiger partial charge in [0.2, 0.25) is 0 Å². The van der Waals surface area contributed by atoms with E-state index in [1.54, 1.807) is 18.2 Å². The summed E-state index contributed by atoms with van der Waals surface area (Å²) in [6.45, 7) is 1.64. The van der Waals surface area contributed by atoms with Crippen LogP contribution in [0.4, 0.5) is 0 Å². The Hall–Kier alpha value is -2.64. The first kappa shape index (κ1) is 18.2. The molecule has 4 nitrogen and oxygen atoms in total. The predicted octanol–water partition coefficient (Wildman–Crippen LogP) is 3.99. The maximum absolute atomic E-state index is 13.1. The molecule has 4 heteroatoms. The number of hydrogen-bond donors (Lipinski definition) is 0. The van der Waals surface area contributed by atoms with Crippen molar-refractivity contribution < 1.29 is 4.79 Å². The van der Waals surface area contributed by atoms with Gasteiger partial charge in [-0.3, -0.25) is 4.79 Å². The number of amides is 1. The molecule has 0 bridgehead atoms. The lowest BCUT2D eigenvalue weighted by molar-refractivity contribution is 0.0611. The van der Waals surface area contributed by atoms with Crippen molar-refractivity contribution in [3.8, 4) is 6.07 Å². The second-order valence-corrected chi connectivity index (χ2v) is 7.15. The molecule has 0 aromatic heterocycles. The van der Waals surface area contributed by atoms with Gasteiger partial charge in [0, 0.05) is 13.1 Å². The molecular weight excluding hydrogens is 322 g/mol. The molecule has 2 aromatic carbocycles. The van der Waals surface area contributed by atoms with Crippen LogP contribution < -0.4 is 0 Å². The zero-order chi connectivity index (χ0) is 18.5. The molecule has 0 radical (unpaired) electrons. The van der Waals surface area contributed by atoms with E-state index in [1.165, 1.54) is 11.1 Å². The minimum atomic E-state index is -0.0378. The van der Waals surface area contributed by atoms with Crippen molar-refractivity contribution in [1.82, 2.24) is 9.80 Å². The van der Waals surface area contributed by atoms with Crippen LogP contribution in [-0.2, 0) is 6.54 Å². The monoisotopic (exact) mass is 347 g/mol. The van der Waals surface area contributed by atoms with E-state index in [1.807, 2.05) is 11.0 Å². The van der Waals surface area contributed by atoms with Crippen LogP contribution in [0.25, 0.3) is 0 Å². The largest absolute Gasteiger partial charge is 0.332 e. The summed E-state index contributed by atoms with van der Waals surface area (Å²) in [7, 11) is 4.12. The normalized spacial score (nSPS) is 17.2. The SMILES string of the molecule is CN(C)Cc1ccc(C2CCCCN2C(=O)c2ccccc2C#N)cc1. The number of piperidine rings is 1. The summed E-state index contributed by atoms with van der Waals surface area (Å²) >= 11 is 0. The van der Waals surface area contributed by atoms with Crippen molar-refractivity contribution in [3.63, 3.8) is 0 Å².